The molecular formula is C15H22N2O4. The van der Waals surface area contributed by atoms with Crippen molar-refractivity contribution in [1.82, 2.24) is 4.90 Å². The highest BCUT2D eigenvalue weighted by Gasteiger charge is 2.16. The molecule has 0 aromatic heterocycles. The summed E-state index contributed by atoms with van der Waals surface area (Å²) in [7, 11) is 3.38. The van der Waals surface area contributed by atoms with Crippen molar-refractivity contribution in [3.8, 4) is 5.75 Å². The van der Waals surface area contributed by atoms with Gasteiger partial charge in [-0.25, -0.2) is 4.79 Å². The predicted molar refractivity (Wildman–Crippen MR) is 80.2 cm³/mol. The number of rotatable bonds is 7. The second-order valence-electron chi connectivity index (χ2n) is 4.68. The molecule has 0 radical (unpaired) electrons. The molecule has 0 saturated heterocycles. The Kier molecular flexibility index (Phi) is 6.52. The number of nitrogens with two attached hydrogens (primary N) is 1. The largest absolute Gasteiger partial charge is 0.491 e. The smallest absolute Gasteiger partial charge is 0.342 e. The SMILES string of the molecule is CCOc1c(N)cccc1C(=O)OCCCC(=O)N(C)C. The quantitative estimate of drug-likeness (QED) is 0.470. The maximum Gasteiger partial charge on any atom is 0.342 e. The molecule has 0 aliphatic carbocycles. The monoisotopic (exact) mass is 294 g/mol. The van der Waals surface area contributed by atoms with Gasteiger partial charge in [0.1, 0.15) is 5.56 Å². The highest BCUT2D eigenvalue weighted by atomic mass is 16.5. The first-order valence-corrected chi connectivity index (χ1v) is 6.86. The summed E-state index contributed by atoms with van der Waals surface area (Å²) < 4.78 is 10.5. The molecule has 6 nitrogen and oxygen atoms in total. The lowest BCUT2D eigenvalue weighted by Gasteiger charge is -2.12. The molecule has 1 aromatic carbocycles. The molecule has 1 amide bonds. The first kappa shape index (κ1) is 16.8. The number of anilines is 1. The van der Waals surface area contributed by atoms with E-state index in [-0.39, 0.29) is 12.5 Å². The third-order valence-electron chi connectivity index (χ3n) is 2.82. The zero-order valence-electron chi connectivity index (χ0n) is 12.7. The predicted octanol–water partition coefficient (Wildman–Crippen LogP) is 1.69. The van der Waals surface area contributed by atoms with Crippen LogP contribution in [0.5, 0.6) is 5.75 Å². The van der Waals surface area contributed by atoms with Crippen LogP contribution in [0.3, 0.4) is 0 Å². The van der Waals surface area contributed by atoms with Gasteiger partial charge in [-0.1, -0.05) is 6.07 Å². The molecule has 0 spiro atoms. The van der Waals surface area contributed by atoms with Crippen molar-refractivity contribution in [3.05, 3.63) is 23.8 Å². The zero-order chi connectivity index (χ0) is 15.8. The van der Waals surface area contributed by atoms with Crippen LogP contribution in [-0.4, -0.2) is 44.1 Å². The molecule has 0 heterocycles. The van der Waals surface area contributed by atoms with E-state index in [0.717, 1.165) is 0 Å². The van der Waals surface area contributed by atoms with Crippen LogP contribution in [0.4, 0.5) is 5.69 Å². The first-order valence-electron chi connectivity index (χ1n) is 6.86. The Morgan fingerprint density at radius 1 is 1.29 bits per heavy atom. The van der Waals surface area contributed by atoms with Crippen LogP contribution < -0.4 is 10.5 Å². The molecule has 0 unspecified atom stereocenters. The Morgan fingerprint density at radius 2 is 2.00 bits per heavy atom. The highest BCUT2D eigenvalue weighted by Crippen LogP contribution is 2.27. The van der Waals surface area contributed by atoms with E-state index in [1.807, 2.05) is 6.92 Å². The van der Waals surface area contributed by atoms with Gasteiger partial charge in [0.2, 0.25) is 5.91 Å². The number of ether oxygens (including phenoxy) is 2. The number of hydrogen-bond donors (Lipinski definition) is 1. The van der Waals surface area contributed by atoms with Crippen LogP contribution in [0.25, 0.3) is 0 Å². The maximum atomic E-state index is 12.0. The number of nitrogen functional groups attached to an aromatic ring is 1. The van der Waals surface area contributed by atoms with E-state index in [2.05, 4.69) is 0 Å². The second-order valence-corrected chi connectivity index (χ2v) is 4.68. The van der Waals surface area contributed by atoms with E-state index in [1.54, 1.807) is 32.3 Å². The van der Waals surface area contributed by atoms with Crippen molar-refractivity contribution < 1.29 is 19.1 Å². The van der Waals surface area contributed by atoms with Gasteiger partial charge in [-0.15, -0.1) is 0 Å². The van der Waals surface area contributed by atoms with Crippen molar-refractivity contribution in [3.63, 3.8) is 0 Å². The molecular weight excluding hydrogens is 272 g/mol. The Balaban J connectivity index is 2.56. The fourth-order valence-corrected chi connectivity index (χ4v) is 1.71. The molecule has 1 aromatic rings. The fraction of sp³-hybridized carbons (Fsp3) is 0.467. The third-order valence-corrected chi connectivity index (χ3v) is 2.82. The van der Waals surface area contributed by atoms with Gasteiger partial charge in [0.25, 0.3) is 0 Å². The Morgan fingerprint density at radius 3 is 2.62 bits per heavy atom. The van der Waals surface area contributed by atoms with Gasteiger partial charge >= 0.3 is 5.97 Å². The van der Waals surface area contributed by atoms with Crippen LogP contribution in [0, 0.1) is 0 Å². The second kappa shape index (κ2) is 8.14. The van der Waals surface area contributed by atoms with Crippen molar-refractivity contribution >= 4 is 17.6 Å². The molecule has 6 heteroatoms. The average Bonchev–Trinajstić information content (AvgIpc) is 2.45. The van der Waals surface area contributed by atoms with Gasteiger partial charge in [-0.3, -0.25) is 4.79 Å². The summed E-state index contributed by atoms with van der Waals surface area (Å²) in [6.07, 6.45) is 0.824. The Hall–Kier alpha value is -2.24. The number of esters is 1. The number of hydrogen-bond acceptors (Lipinski definition) is 5. The fourth-order valence-electron chi connectivity index (χ4n) is 1.71. The van der Waals surface area contributed by atoms with Gasteiger partial charge in [0.15, 0.2) is 5.75 Å². The minimum atomic E-state index is -0.497. The third kappa shape index (κ3) is 4.98. The summed E-state index contributed by atoms with van der Waals surface area (Å²) in [5.74, 6) is -0.151. The van der Waals surface area contributed by atoms with Gasteiger partial charge in [0.05, 0.1) is 18.9 Å². The molecule has 116 valence electrons. The van der Waals surface area contributed by atoms with Crippen LogP contribution in [0.2, 0.25) is 0 Å². The maximum absolute atomic E-state index is 12.0. The highest BCUT2D eigenvalue weighted by molar-refractivity contribution is 5.94. The molecule has 0 atom stereocenters. The lowest BCUT2D eigenvalue weighted by molar-refractivity contribution is -0.128. The molecule has 0 bridgehead atoms. The van der Waals surface area contributed by atoms with E-state index in [0.29, 0.717) is 36.4 Å². The van der Waals surface area contributed by atoms with Gasteiger partial charge in [-0.2, -0.15) is 0 Å². The van der Waals surface area contributed by atoms with Gasteiger partial charge in [-0.05, 0) is 25.5 Å². The zero-order valence-corrected chi connectivity index (χ0v) is 12.7. The van der Waals surface area contributed by atoms with Gasteiger partial charge in [0, 0.05) is 20.5 Å². The normalized spacial score (nSPS) is 10.0. The lowest BCUT2D eigenvalue weighted by atomic mass is 10.1. The van der Waals surface area contributed by atoms with Crippen molar-refractivity contribution in [2.75, 3.05) is 33.0 Å². The van der Waals surface area contributed by atoms with Crippen molar-refractivity contribution in [2.45, 2.75) is 19.8 Å². The average molecular weight is 294 g/mol. The first-order chi connectivity index (χ1) is 9.97. The van der Waals surface area contributed by atoms with Crippen molar-refractivity contribution in [1.29, 1.82) is 0 Å². The topological polar surface area (TPSA) is 81.9 Å². The molecule has 21 heavy (non-hydrogen) atoms. The number of nitrogens with zero attached hydrogens (tertiary/aromatic N) is 1. The number of carbonyl (C=O) groups is 2. The standard InChI is InChI=1S/C15H22N2O4/c1-4-20-14-11(7-5-8-12(14)16)15(19)21-10-6-9-13(18)17(2)3/h5,7-8H,4,6,9-10,16H2,1-3H3. The summed E-state index contributed by atoms with van der Waals surface area (Å²) in [5.41, 5.74) is 6.49. The van der Waals surface area contributed by atoms with Crippen LogP contribution in [0.15, 0.2) is 18.2 Å². The molecule has 0 saturated carbocycles. The van der Waals surface area contributed by atoms with E-state index in [1.165, 1.54) is 4.90 Å². The van der Waals surface area contributed by atoms with E-state index in [9.17, 15) is 9.59 Å². The van der Waals surface area contributed by atoms with Crippen LogP contribution in [0.1, 0.15) is 30.1 Å². The van der Waals surface area contributed by atoms with Crippen LogP contribution in [-0.2, 0) is 9.53 Å². The van der Waals surface area contributed by atoms with E-state index < -0.39 is 5.97 Å². The Bertz CT molecular complexity index is 500. The number of amides is 1. The summed E-state index contributed by atoms with van der Waals surface area (Å²) in [6.45, 7) is 2.40. The summed E-state index contributed by atoms with van der Waals surface area (Å²) in [4.78, 5) is 24.9. The summed E-state index contributed by atoms with van der Waals surface area (Å²) in [6, 6.07) is 4.94. The lowest BCUT2D eigenvalue weighted by Crippen LogP contribution is -2.21. The minimum Gasteiger partial charge on any atom is -0.491 e. The Labute approximate surface area is 124 Å². The van der Waals surface area contributed by atoms with Crippen molar-refractivity contribution in [2.24, 2.45) is 0 Å². The summed E-state index contributed by atoms with van der Waals surface area (Å²) >= 11 is 0. The minimum absolute atomic E-state index is 0.00464. The number of carbonyl (C=O) groups excluding carboxylic acids is 2. The number of benzene rings is 1. The van der Waals surface area contributed by atoms with Crippen LogP contribution >= 0.6 is 0 Å². The molecule has 2 N–H and O–H groups in total. The van der Waals surface area contributed by atoms with E-state index in [4.69, 9.17) is 15.2 Å². The number of para-hydroxylation sites is 1. The van der Waals surface area contributed by atoms with E-state index >= 15 is 0 Å². The summed E-state index contributed by atoms with van der Waals surface area (Å²) in [5, 5.41) is 0. The molecule has 1 rings (SSSR count). The van der Waals surface area contributed by atoms with Gasteiger partial charge < -0.3 is 20.1 Å². The molecule has 0 aliphatic rings. The molecule has 0 aliphatic heterocycles. The molecule has 0 fully saturated rings.